The summed E-state index contributed by atoms with van der Waals surface area (Å²) >= 11 is 0. The summed E-state index contributed by atoms with van der Waals surface area (Å²) in [5.41, 5.74) is 4.39. The second kappa shape index (κ2) is 7.67. The fraction of sp³-hybridized carbons (Fsp3) is 0.316. The van der Waals surface area contributed by atoms with E-state index in [0.717, 1.165) is 30.0 Å². The maximum atomic E-state index is 13.1. The molecule has 2 aromatic rings. The highest BCUT2D eigenvalue weighted by molar-refractivity contribution is 7.87. The molecular weight excluding hydrogens is 366 g/mol. The van der Waals surface area contributed by atoms with Crippen molar-refractivity contribution in [1.29, 1.82) is 0 Å². The van der Waals surface area contributed by atoms with Gasteiger partial charge < -0.3 is 9.64 Å². The summed E-state index contributed by atoms with van der Waals surface area (Å²) in [6, 6.07) is 14.9. The number of hydrogen-bond donors (Lipinski definition) is 2. The van der Waals surface area contributed by atoms with Gasteiger partial charge in [-0.25, -0.2) is 9.69 Å². The maximum Gasteiger partial charge on any atom is 0.245 e. The molecule has 0 radical (unpaired) electrons. The molecule has 2 unspecified atom stereocenters. The van der Waals surface area contributed by atoms with E-state index in [0.29, 0.717) is 18.1 Å². The van der Waals surface area contributed by atoms with E-state index in [2.05, 4.69) is 4.90 Å². The molecule has 0 saturated carbocycles. The average Bonchev–Trinajstić information content (AvgIpc) is 3.00. The predicted octanol–water partition coefficient (Wildman–Crippen LogP) is 2.00. The summed E-state index contributed by atoms with van der Waals surface area (Å²) < 4.78 is 20.2. The second-order valence-corrected chi connectivity index (χ2v) is 7.82. The molecule has 2 aliphatic heterocycles. The van der Waals surface area contributed by atoms with E-state index >= 15 is 0 Å². The third-order valence-electron chi connectivity index (χ3n) is 4.91. The minimum atomic E-state index is -1.41. The van der Waals surface area contributed by atoms with Gasteiger partial charge in [0.2, 0.25) is 5.91 Å². The molecule has 2 N–H and O–H groups in total. The molecule has 1 saturated heterocycles. The van der Waals surface area contributed by atoms with Crippen molar-refractivity contribution in [3.05, 3.63) is 54.1 Å². The Hall–Kier alpha value is -2.42. The smallest absolute Gasteiger partial charge is 0.245 e. The van der Waals surface area contributed by atoms with Crippen molar-refractivity contribution >= 4 is 28.3 Å². The predicted molar refractivity (Wildman–Crippen MR) is 102 cm³/mol. The Morgan fingerprint density at radius 1 is 1.11 bits per heavy atom. The Balaban J connectivity index is 1.64. The minimum Gasteiger partial charge on any atom is -0.378 e. The van der Waals surface area contributed by atoms with Crippen LogP contribution in [0.15, 0.2) is 53.4 Å². The third kappa shape index (κ3) is 3.43. The summed E-state index contributed by atoms with van der Waals surface area (Å²) in [5, 5.41) is 8.94. The van der Waals surface area contributed by atoms with Crippen LogP contribution in [0.1, 0.15) is 18.0 Å². The van der Waals surface area contributed by atoms with E-state index in [-0.39, 0.29) is 6.42 Å². The lowest BCUT2D eigenvalue weighted by molar-refractivity contribution is -0.129. The lowest BCUT2D eigenvalue weighted by atomic mass is 10.0. The number of benzene rings is 2. The van der Waals surface area contributed by atoms with Crippen LogP contribution in [0.3, 0.4) is 0 Å². The highest BCUT2D eigenvalue weighted by atomic mass is 32.2. The SMILES string of the molecule is O=C(CC1c2ccccc2S(=O)N1c1ccc(N2CCOCC2)cc1)NO. The summed E-state index contributed by atoms with van der Waals surface area (Å²) in [5.74, 6) is -0.511. The first-order valence-electron chi connectivity index (χ1n) is 8.85. The first kappa shape index (κ1) is 18.0. The van der Waals surface area contributed by atoms with Gasteiger partial charge in [-0.05, 0) is 35.9 Å². The zero-order valence-electron chi connectivity index (χ0n) is 14.7. The normalized spacial score (nSPS) is 21.8. The molecule has 4 rings (SSSR count). The largest absolute Gasteiger partial charge is 0.378 e. The number of anilines is 2. The molecule has 0 aromatic heterocycles. The van der Waals surface area contributed by atoms with Crippen LogP contribution in [0.5, 0.6) is 0 Å². The van der Waals surface area contributed by atoms with Gasteiger partial charge >= 0.3 is 0 Å². The lowest BCUT2D eigenvalue weighted by Crippen LogP contribution is -2.36. The number of fused-ring (bicyclic) bond motifs is 1. The number of morpholine rings is 1. The number of hydrogen-bond acceptors (Lipinski definition) is 5. The highest BCUT2D eigenvalue weighted by Crippen LogP contribution is 2.42. The van der Waals surface area contributed by atoms with E-state index in [9.17, 15) is 9.00 Å². The van der Waals surface area contributed by atoms with Crippen LogP contribution in [0, 0.1) is 0 Å². The third-order valence-corrected chi connectivity index (χ3v) is 6.48. The summed E-state index contributed by atoms with van der Waals surface area (Å²) in [7, 11) is -1.41. The number of rotatable bonds is 4. The van der Waals surface area contributed by atoms with Crippen molar-refractivity contribution in [2.75, 3.05) is 35.5 Å². The van der Waals surface area contributed by atoms with Crippen molar-refractivity contribution < 1.29 is 18.9 Å². The molecule has 2 aromatic carbocycles. The van der Waals surface area contributed by atoms with E-state index in [4.69, 9.17) is 9.94 Å². The van der Waals surface area contributed by atoms with Crippen molar-refractivity contribution in [3.8, 4) is 0 Å². The van der Waals surface area contributed by atoms with Crippen LogP contribution in [0.25, 0.3) is 0 Å². The fourth-order valence-corrected chi connectivity index (χ4v) is 5.13. The molecule has 0 bridgehead atoms. The van der Waals surface area contributed by atoms with E-state index in [1.165, 1.54) is 0 Å². The zero-order chi connectivity index (χ0) is 18.8. The maximum absolute atomic E-state index is 13.1. The van der Waals surface area contributed by atoms with Crippen LogP contribution in [-0.2, 0) is 20.5 Å². The van der Waals surface area contributed by atoms with Gasteiger partial charge in [-0.1, -0.05) is 18.2 Å². The molecule has 2 heterocycles. The van der Waals surface area contributed by atoms with E-state index in [1.54, 1.807) is 9.79 Å². The van der Waals surface area contributed by atoms with Crippen LogP contribution in [0.4, 0.5) is 11.4 Å². The van der Waals surface area contributed by atoms with E-state index < -0.39 is 22.9 Å². The molecule has 8 heteroatoms. The zero-order valence-corrected chi connectivity index (χ0v) is 15.5. The number of nitrogens with zero attached hydrogens (tertiary/aromatic N) is 2. The molecular formula is C19H21N3O4S. The summed E-state index contributed by atoms with van der Waals surface area (Å²) in [4.78, 5) is 14.8. The summed E-state index contributed by atoms with van der Waals surface area (Å²) in [6.07, 6.45) is 0.0183. The van der Waals surface area contributed by atoms with Gasteiger partial charge in [0.25, 0.3) is 0 Å². The molecule has 0 aliphatic carbocycles. The van der Waals surface area contributed by atoms with Crippen molar-refractivity contribution in [1.82, 2.24) is 5.48 Å². The lowest BCUT2D eigenvalue weighted by Gasteiger charge is -2.30. The highest BCUT2D eigenvalue weighted by Gasteiger charge is 2.37. The van der Waals surface area contributed by atoms with Crippen LogP contribution >= 0.6 is 0 Å². The Labute approximate surface area is 160 Å². The van der Waals surface area contributed by atoms with Crippen LogP contribution in [-0.4, -0.2) is 41.6 Å². The quantitative estimate of drug-likeness (QED) is 0.619. The molecule has 0 spiro atoms. The molecule has 1 amide bonds. The molecule has 2 aliphatic rings. The van der Waals surface area contributed by atoms with Gasteiger partial charge in [-0.3, -0.25) is 14.3 Å². The topological polar surface area (TPSA) is 82.1 Å². The minimum absolute atomic E-state index is 0.0183. The van der Waals surface area contributed by atoms with Crippen LogP contribution in [0.2, 0.25) is 0 Å². The van der Waals surface area contributed by atoms with Gasteiger partial charge in [0.15, 0.2) is 11.0 Å². The second-order valence-electron chi connectivity index (χ2n) is 6.48. The van der Waals surface area contributed by atoms with Gasteiger partial charge in [-0.15, -0.1) is 0 Å². The van der Waals surface area contributed by atoms with Crippen molar-refractivity contribution in [2.24, 2.45) is 0 Å². The fourth-order valence-electron chi connectivity index (χ4n) is 3.58. The number of carbonyl (C=O) groups excluding carboxylic acids is 1. The Bertz CT molecular complexity index is 852. The molecule has 27 heavy (non-hydrogen) atoms. The molecule has 1 fully saturated rings. The van der Waals surface area contributed by atoms with Crippen molar-refractivity contribution in [2.45, 2.75) is 17.4 Å². The van der Waals surface area contributed by atoms with Gasteiger partial charge in [0, 0.05) is 18.8 Å². The van der Waals surface area contributed by atoms with Crippen molar-refractivity contribution in [3.63, 3.8) is 0 Å². The van der Waals surface area contributed by atoms with E-state index in [1.807, 2.05) is 48.5 Å². The molecule has 2 atom stereocenters. The van der Waals surface area contributed by atoms with Gasteiger partial charge in [0.05, 0.1) is 36.3 Å². The average molecular weight is 387 g/mol. The Morgan fingerprint density at radius 2 is 1.78 bits per heavy atom. The Kier molecular flexibility index (Phi) is 5.11. The number of ether oxygens (including phenoxy) is 1. The number of hydroxylamine groups is 1. The monoisotopic (exact) mass is 387 g/mol. The van der Waals surface area contributed by atoms with Crippen LogP contribution < -0.4 is 14.7 Å². The molecule has 142 valence electrons. The first-order valence-corrected chi connectivity index (χ1v) is 9.95. The molecule has 7 nitrogen and oxygen atoms in total. The number of carbonyl (C=O) groups is 1. The standard InChI is InChI=1S/C19H21N3O4S/c23-19(20-24)13-17-16-3-1-2-4-18(16)27(25)22(17)15-7-5-14(6-8-15)21-9-11-26-12-10-21/h1-8,17,24H,9-13H2,(H,20,23). The number of nitrogens with one attached hydrogen (secondary N) is 1. The summed E-state index contributed by atoms with van der Waals surface area (Å²) in [6.45, 7) is 3.12. The van der Waals surface area contributed by atoms with Gasteiger partial charge in [0.1, 0.15) is 0 Å². The van der Waals surface area contributed by atoms with Gasteiger partial charge in [-0.2, -0.15) is 0 Å². The first-order chi connectivity index (χ1) is 13.2. The Morgan fingerprint density at radius 3 is 2.48 bits per heavy atom. The number of amides is 1.